The normalized spacial score (nSPS) is 10.6. The number of allylic oxidation sites excluding steroid dienone is 1. The van der Waals surface area contributed by atoms with Gasteiger partial charge in [0.25, 0.3) is 0 Å². The van der Waals surface area contributed by atoms with E-state index in [2.05, 4.69) is 12.1 Å². The number of hydrogen-bond acceptors (Lipinski definition) is 4. The number of nitriles is 2. The number of ether oxygens (including phenoxy) is 1. The van der Waals surface area contributed by atoms with Gasteiger partial charge in [-0.1, -0.05) is 12.1 Å². The summed E-state index contributed by atoms with van der Waals surface area (Å²) in [5.41, 5.74) is 3.46. The molecule has 0 fully saturated rings. The van der Waals surface area contributed by atoms with Gasteiger partial charge in [-0.3, -0.25) is 0 Å². The molecule has 2 aromatic rings. The summed E-state index contributed by atoms with van der Waals surface area (Å²) < 4.78 is 5.14. The van der Waals surface area contributed by atoms with Crippen LogP contribution in [0, 0.1) is 22.7 Å². The Morgan fingerprint density at radius 3 is 2.29 bits per heavy atom. The van der Waals surface area contributed by atoms with Gasteiger partial charge in [-0.2, -0.15) is 10.5 Å². The highest BCUT2D eigenvalue weighted by molar-refractivity contribution is 5.89. The maximum Gasteiger partial charge on any atom is 0.118 e. The highest BCUT2D eigenvalue weighted by atomic mass is 16.5. The van der Waals surface area contributed by atoms with Gasteiger partial charge in [-0.05, 0) is 53.6 Å². The summed E-state index contributed by atoms with van der Waals surface area (Å²) >= 11 is 0. The molecule has 0 saturated heterocycles. The molecule has 0 amide bonds. The zero-order valence-corrected chi connectivity index (χ0v) is 13.9. The van der Waals surface area contributed by atoms with E-state index in [0.29, 0.717) is 18.5 Å². The smallest absolute Gasteiger partial charge is 0.118 e. The second-order valence-corrected chi connectivity index (χ2v) is 5.32. The molecule has 2 rings (SSSR count). The number of methoxy groups -OCH3 is 1. The lowest BCUT2D eigenvalue weighted by molar-refractivity contribution is 0.415. The molecule has 0 heterocycles. The molecule has 0 N–H and O–H groups in total. The zero-order valence-electron chi connectivity index (χ0n) is 13.9. The standard InChI is InChI=1S/C20H19N3O/c1-23(13-3-12-21)19-8-4-16(5-9-19)14-18(15-22)17-6-10-20(24-2)11-7-17/h4-11,14H,3,13H2,1-2H3/b18-14-. The molecule has 120 valence electrons. The van der Waals surface area contributed by atoms with Crippen molar-refractivity contribution in [2.75, 3.05) is 25.6 Å². The molecule has 24 heavy (non-hydrogen) atoms. The van der Waals surface area contributed by atoms with Crippen LogP contribution < -0.4 is 9.64 Å². The maximum absolute atomic E-state index is 9.42. The molecule has 0 bridgehead atoms. The lowest BCUT2D eigenvalue weighted by Gasteiger charge is -2.17. The van der Waals surface area contributed by atoms with E-state index in [4.69, 9.17) is 10.00 Å². The number of hydrogen-bond donors (Lipinski definition) is 0. The van der Waals surface area contributed by atoms with Gasteiger partial charge in [0.05, 0.1) is 31.2 Å². The van der Waals surface area contributed by atoms with E-state index < -0.39 is 0 Å². The van der Waals surface area contributed by atoms with Crippen molar-refractivity contribution in [2.24, 2.45) is 0 Å². The highest BCUT2D eigenvalue weighted by Crippen LogP contribution is 2.22. The summed E-state index contributed by atoms with van der Waals surface area (Å²) in [5.74, 6) is 0.765. The monoisotopic (exact) mass is 317 g/mol. The van der Waals surface area contributed by atoms with E-state index in [1.165, 1.54) is 0 Å². The first-order valence-electron chi connectivity index (χ1n) is 7.62. The van der Waals surface area contributed by atoms with Gasteiger partial charge >= 0.3 is 0 Å². The first kappa shape index (κ1) is 17.1. The predicted molar refractivity (Wildman–Crippen MR) is 96.4 cm³/mol. The number of anilines is 1. The molecule has 0 radical (unpaired) electrons. The van der Waals surface area contributed by atoms with Crippen LogP contribution in [0.1, 0.15) is 17.5 Å². The molecule has 4 nitrogen and oxygen atoms in total. The first-order valence-corrected chi connectivity index (χ1v) is 7.62. The van der Waals surface area contributed by atoms with Gasteiger partial charge < -0.3 is 9.64 Å². The van der Waals surface area contributed by atoms with E-state index >= 15 is 0 Å². The summed E-state index contributed by atoms with van der Waals surface area (Å²) in [7, 11) is 3.57. The van der Waals surface area contributed by atoms with Crippen LogP contribution in [0.5, 0.6) is 5.75 Å². The second-order valence-electron chi connectivity index (χ2n) is 5.32. The molecule has 0 aliphatic carbocycles. The summed E-state index contributed by atoms with van der Waals surface area (Å²) in [6.45, 7) is 0.695. The fourth-order valence-electron chi connectivity index (χ4n) is 2.29. The van der Waals surface area contributed by atoms with E-state index in [1.807, 2.05) is 66.6 Å². The molecule has 0 aliphatic heterocycles. The molecular formula is C20H19N3O. The Kier molecular flexibility index (Phi) is 6.00. The Morgan fingerprint density at radius 2 is 1.75 bits per heavy atom. The summed E-state index contributed by atoms with van der Waals surface area (Å²) in [6.07, 6.45) is 2.36. The molecule has 4 heteroatoms. The molecule has 0 atom stereocenters. The van der Waals surface area contributed by atoms with Crippen molar-refractivity contribution < 1.29 is 4.74 Å². The third-order valence-corrected chi connectivity index (χ3v) is 3.73. The third-order valence-electron chi connectivity index (χ3n) is 3.73. The van der Waals surface area contributed by atoms with Crippen LogP contribution in [0.3, 0.4) is 0 Å². The topological polar surface area (TPSA) is 60.0 Å². The van der Waals surface area contributed by atoms with Crippen LogP contribution in [0.15, 0.2) is 48.5 Å². The van der Waals surface area contributed by atoms with E-state index in [1.54, 1.807) is 7.11 Å². The Morgan fingerprint density at radius 1 is 1.08 bits per heavy atom. The van der Waals surface area contributed by atoms with Gasteiger partial charge in [0, 0.05) is 19.3 Å². The van der Waals surface area contributed by atoms with Gasteiger partial charge in [0.2, 0.25) is 0 Å². The van der Waals surface area contributed by atoms with E-state index in [-0.39, 0.29) is 0 Å². The molecule has 0 saturated carbocycles. The largest absolute Gasteiger partial charge is 0.497 e. The summed E-state index contributed by atoms with van der Waals surface area (Å²) in [4.78, 5) is 2.03. The summed E-state index contributed by atoms with van der Waals surface area (Å²) in [5, 5.41) is 18.1. The van der Waals surface area contributed by atoms with Crippen molar-refractivity contribution in [2.45, 2.75) is 6.42 Å². The van der Waals surface area contributed by atoms with Crippen molar-refractivity contribution in [3.63, 3.8) is 0 Å². The molecule has 0 spiro atoms. The molecule has 2 aromatic carbocycles. The third kappa shape index (κ3) is 4.38. The van der Waals surface area contributed by atoms with Crippen LogP contribution in [-0.4, -0.2) is 20.7 Å². The Balaban J connectivity index is 2.19. The lowest BCUT2D eigenvalue weighted by atomic mass is 10.0. The predicted octanol–water partition coefficient (Wildman–Crippen LogP) is 4.11. The molecule has 0 unspecified atom stereocenters. The molecule has 0 aliphatic rings. The van der Waals surface area contributed by atoms with Gasteiger partial charge in [-0.15, -0.1) is 0 Å². The summed E-state index contributed by atoms with van der Waals surface area (Å²) in [6, 6.07) is 19.7. The van der Waals surface area contributed by atoms with Gasteiger partial charge in [-0.25, -0.2) is 0 Å². The number of nitrogens with zero attached hydrogens (tertiary/aromatic N) is 3. The van der Waals surface area contributed by atoms with Crippen LogP contribution in [0.25, 0.3) is 11.6 Å². The fraction of sp³-hybridized carbons (Fsp3) is 0.200. The minimum Gasteiger partial charge on any atom is -0.497 e. The lowest BCUT2D eigenvalue weighted by Crippen LogP contribution is -2.17. The van der Waals surface area contributed by atoms with Crippen LogP contribution in [-0.2, 0) is 0 Å². The molecule has 0 aromatic heterocycles. The van der Waals surface area contributed by atoms with E-state index in [0.717, 1.165) is 22.6 Å². The number of benzene rings is 2. The minimum absolute atomic E-state index is 0.494. The zero-order chi connectivity index (χ0) is 17.4. The van der Waals surface area contributed by atoms with Crippen molar-refractivity contribution in [3.8, 4) is 17.9 Å². The van der Waals surface area contributed by atoms with Crippen LogP contribution >= 0.6 is 0 Å². The van der Waals surface area contributed by atoms with Gasteiger partial charge in [0.1, 0.15) is 5.75 Å². The van der Waals surface area contributed by atoms with Crippen molar-refractivity contribution >= 4 is 17.3 Å². The SMILES string of the molecule is COc1ccc(/C(C#N)=C\c2ccc(N(C)CCC#N)cc2)cc1. The minimum atomic E-state index is 0.494. The molecular weight excluding hydrogens is 298 g/mol. The fourth-order valence-corrected chi connectivity index (χ4v) is 2.29. The van der Waals surface area contributed by atoms with Crippen molar-refractivity contribution in [3.05, 3.63) is 59.7 Å². The Bertz CT molecular complexity index is 778. The van der Waals surface area contributed by atoms with Gasteiger partial charge in [0.15, 0.2) is 0 Å². The number of rotatable bonds is 6. The van der Waals surface area contributed by atoms with Crippen molar-refractivity contribution in [1.82, 2.24) is 0 Å². The Labute approximate surface area is 142 Å². The van der Waals surface area contributed by atoms with Crippen LogP contribution in [0.4, 0.5) is 5.69 Å². The first-order chi connectivity index (χ1) is 11.7. The second kappa shape index (κ2) is 8.41. The quantitative estimate of drug-likeness (QED) is 0.594. The average molecular weight is 317 g/mol. The van der Waals surface area contributed by atoms with Crippen molar-refractivity contribution in [1.29, 1.82) is 10.5 Å². The van der Waals surface area contributed by atoms with E-state index in [9.17, 15) is 5.26 Å². The maximum atomic E-state index is 9.42. The average Bonchev–Trinajstić information content (AvgIpc) is 2.64. The Hall–Kier alpha value is -3.24. The highest BCUT2D eigenvalue weighted by Gasteiger charge is 2.03. The van der Waals surface area contributed by atoms with Crippen LogP contribution in [0.2, 0.25) is 0 Å².